The van der Waals surface area contributed by atoms with E-state index in [1.807, 2.05) is 73.1 Å². The second kappa shape index (κ2) is 8.62. The lowest BCUT2D eigenvalue weighted by Crippen LogP contribution is -2.02. The molecule has 0 unspecified atom stereocenters. The highest BCUT2D eigenvalue weighted by Crippen LogP contribution is 2.39. The molecule has 0 N–H and O–H groups in total. The third kappa shape index (κ3) is 3.47. The van der Waals surface area contributed by atoms with Crippen molar-refractivity contribution in [3.05, 3.63) is 127 Å². The highest BCUT2D eigenvalue weighted by atomic mass is 35.5. The van der Waals surface area contributed by atoms with Gasteiger partial charge in [0.2, 0.25) is 0 Å². The van der Waals surface area contributed by atoms with E-state index in [9.17, 15) is 0 Å². The topological polar surface area (TPSA) is 30.7 Å². The first kappa shape index (κ1) is 20.4. The zero-order valence-electron chi connectivity index (χ0n) is 18.3. The minimum Gasteiger partial charge on any atom is -0.282 e. The number of benzene rings is 4. The Morgan fingerprint density at radius 3 is 1.74 bits per heavy atom. The summed E-state index contributed by atoms with van der Waals surface area (Å²) in [7, 11) is 0. The van der Waals surface area contributed by atoms with E-state index >= 15 is 0 Å². The highest BCUT2D eigenvalue weighted by molar-refractivity contribution is 6.34. The summed E-state index contributed by atoms with van der Waals surface area (Å²) < 4.78 is 2.06. The van der Waals surface area contributed by atoms with Crippen LogP contribution in [0.1, 0.15) is 0 Å². The van der Waals surface area contributed by atoms with Crippen LogP contribution in [0.4, 0.5) is 0 Å². The fraction of sp³-hybridized carbons (Fsp3) is 0. The molecule has 0 spiro atoms. The molecule has 0 atom stereocenters. The van der Waals surface area contributed by atoms with Crippen molar-refractivity contribution >= 4 is 22.4 Å². The second-order valence-corrected chi connectivity index (χ2v) is 8.41. The van der Waals surface area contributed by atoms with Crippen molar-refractivity contribution in [1.82, 2.24) is 14.5 Å². The summed E-state index contributed by atoms with van der Waals surface area (Å²) in [5.74, 6) is 0.758. The molecule has 0 fully saturated rings. The summed E-state index contributed by atoms with van der Waals surface area (Å²) in [5, 5.41) is 2.53. The van der Waals surface area contributed by atoms with Crippen LogP contribution in [-0.4, -0.2) is 14.5 Å². The van der Waals surface area contributed by atoms with Gasteiger partial charge in [0.05, 0.1) is 11.4 Å². The van der Waals surface area contributed by atoms with Crippen molar-refractivity contribution in [3.63, 3.8) is 0 Å². The molecule has 2 heterocycles. The zero-order valence-corrected chi connectivity index (χ0v) is 19.0. The van der Waals surface area contributed by atoms with Crippen LogP contribution >= 0.6 is 11.6 Å². The molecule has 4 aromatic carbocycles. The lowest BCUT2D eigenvalue weighted by atomic mass is 10.00. The monoisotopic (exact) mass is 457 g/mol. The lowest BCUT2D eigenvalue weighted by molar-refractivity contribution is 1.01. The largest absolute Gasteiger partial charge is 0.282 e. The van der Waals surface area contributed by atoms with Gasteiger partial charge in [-0.15, -0.1) is 0 Å². The zero-order chi connectivity index (χ0) is 22.9. The molecule has 0 aliphatic rings. The van der Waals surface area contributed by atoms with Crippen LogP contribution in [0.15, 0.2) is 122 Å². The number of fused-ring (bicyclic) bond motifs is 1. The van der Waals surface area contributed by atoms with Gasteiger partial charge in [0, 0.05) is 22.1 Å². The maximum absolute atomic E-state index is 6.87. The minimum absolute atomic E-state index is 0.467. The molecule has 4 heteroatoms. The maximum Gasteiger partial charge on any atom is 0.148 e. The van der Waals surface area contributed by atoms with Crippen LogP contribution in [0.3, 0.4) is 0 Å². The summed E-state index contributed by atoms with van der Waals surface area (Å²) in [6.07, 6.45) is 1.85. The number of imidazole rings is 1. The second-order valence-electron chi connectivity index (χ2n) is 8.06. The third-order valence-electron chi connectivity index (χ3n) is 6.00. The third-order valence-corrected chi connectivity index (χ3v) is 6.27. The summed E-state index contributed by atoms with van der Waals surface area (Å²) >= 11 is 6.87. The molecule has 0 aliphatic carbocycles. The fourth-order valence-corrected chi connectivity index (χ4v) is 4.76. The average Bonchev–Trinajstić information content (AvgIpc) is 3.35. The number of pyridine rings is 1. The van der Waals surface area contributed by atoms with Crippen molar-refractivity contribution in [2.45, 2.75) is 0 Å². The van der Waals surface area contributed by atoms with Gasteiger partial charge in [0.15, 0.2) is 0 Å². The van der Waals surface area contributed by atoms with Gasteiger partial charge in [-0.1, -0.05) is 127 Å². The predicted molar refractivity (Wildman–Crippen MR) is 140 cm³/mol. The normalized spacial score (nSPS) is 11.1. The molecular formula is C30H20ClN3. The Labute approximate surface area is 203 Å². The minimum atomic E-state index is 0.467. The number of rotatable bonds is 4. The molecule has 34 heavy (non-hydrogen) atoms. The molecule has 0 saturated heterocycles. The van der Waals surface area contributed by atoms with Crippen LogP contribution in [-0.2, 0) is 0 Å². The Kier molecular flexibility index (Phi) is 5.17. The van der Waals surface area contributed by atoms with Gasteiger partial charge < -0.3 is 0 Å². The Bertz CT molecular complexity index is 1590. The van der Waals surface area contributed by atoms with Crippen molar-refractivity contribution in [3.8, 4) is 39.5 Å². The molecule has 0 amide bonds. The summed E-state index contributed by atoms with van der Waals surface area (Å²) in [6.45, 7) is 0. The van der Waals surface area contributed by atoms with Crippen molar-refractivity contribution < 1.29 is 0 Å². The molecular weight excluding hydrogens is 438 g/mol. The molecule has 2 aromatic heterocycles. The fourth-order valence-electron chi connectivity index (χ4n) is 4.47. The first-order valence-corrected chi connectivity index (χ1v) is 11.5. The molecule has 3 nitrogen and oxygen atoms in total. The molecule has 6 aromatic rings. The van der Waals surface area contributed by atoms with Gasteiger partial charge in [-0.05, 0) is 10.9 Å². The molecule has 0 bridgehead atoms. The number of nitrogens with zero attached hydrogens (tertiary/aromatic N) is 3. The van der Waals surface area contributed by atoms with Crippen LogP contribution in [0.25, 0.3) is 50.2 Å². The van der Waals surface area contributed by atoms with E-state index in [1.54, 1.807) is 0 Å². The number of hydrogen-bond acceptors (Lipinski definition) is 2. The van der Waals surface area contributed by atoms with E-state index in [2.05, 4.69) is 53.1 Å². The average molecular weight is 458 g/mol. The lowest BCUT2D eigenvalue weighted by Gasteiger charge is -2.16. The molecule has 162 valence electrons. The van der Waals surface area contributed by atoms with Crippen LogP contribution in [0.5, 0.6) is 0 Å². The Morgan fingerprint density at radius 2 is 1.09 bits per heavy atom. The first-order valence-electron chi connectivity index (χ1n) is 11.1. The van der Waals surface area contributed by atoms with E-state index in [0.29, 0.717) is 5.15 Å². The Balaban J connectivity index is 1.66. The van der Waals surface area contributed by atoms with E-state index < -0.39 is 0 Å². The SMILES string of the molecule is Clc1nc(-n2cnc(-c3ccccc3)c2-c2ccccc2)c2ccccc2c1-c1ccccc1. The van der Waals surface area contributed by atoms with Crippen molar-refractivity contribution in [2.75, 3.05) is 0 Å². The van der Waals surface area contributed by atoms with Crippen molar-refractivity contribution in [1.29, 1.82) is 0 Å². The smallest absolute Gasteiger partial charge is 0.148 e. The number of aromatic nitrogens is 3. The van der Waals surface area contributed by atoms with Gasteiger partial charge in [0.25, 0.3) is 0 Å². The number of halogens is 1. The standard InChI is InChI=1S/C30H20ClN3/c31-29-26(21-12-4-1-5-13-21)24-18-10-11-19-25(24)30(33-29)34-20-32-27(22-14-6-2-7-15-22)28(34)23-16-8-3-9-17-23/h1-20H. The quantitative estimate of drug-likeness (QED) is 0.250. The molecule has 6 rings (SSSR count). The van der Waals surface area contributed by atoms with E-state index in [0.717, 1.165) is 50.2 Å². The van der Waals surface area contributed by atoms with Crippen LogP contribution < -0.4 is 0 Å². The van der Waals surface area contributed by atoms with Gasteiger partial charge in [-0.25, -0.2) is 9.97 Å². The number of hydrogen-bond donors (Lipinski definition) is 0. The van der Waals surface area contributed by atoms with Gasteiger partial charge in [0.1, 0.15) is 17.3 Å². The summed E-state index contributed by atoms with van der Waals surface area (Å²) in [4.78, 5) is 9.77. The highest BCUT2D eigenvalue weighted by Gasteiger charge is 2.21. The van der Waals surface area contributed by atoms with E-state index in [-0.39, 0.29) is 0 Å². The predicted octanol–water partition coefficient (Wildman–Crippen LogP) is 8.07. The van der Waals surface area contributed by atoms with Gasteiger partial charge in [-0.2, -0.15) is 0 Å². The van der Waals surface area contributed by atoms with Crippen LogP contribution in [0.2, 0.25) is 5.15 Å². The maximum atomic E-state index is 6.87. The molecule has 0 radical (unpaired) electrons. The summed E-state index contributed by atoms with van der Waals surface area (Å²) in [5.41, 5.74) is 5.98. The van der Waals surface area contributed by atoms with Gasteiger partial charge >= 0.3 is 0 Å². The van der Waals surface area contributed by atoms with Crippen LogP contribution in [0, 0.1) is 0 Å². The van der Waals surface area contributed by atoms with E-state index in [1.165, 1.54) is 0 Å². The molecule has 0 aliphatic heterocycles. The Morgan fingerprint density at radius 1 is 0.559 bits per heavy atom. The first-order chi connectivity index (χ1) is 16.8. The van der Waals surface area contributed by atoms with Gasteiger partial charge in [-0.3, -0.25) is 4.57 Å². The molecule has 0 saturated carbocycles. The van der Waals surface area contributed by atoms with Crippen molar-refractivity contribution in [2.24, 2.45) is 0 Å². The van der Waals surface area contributed by atoms with E-state index in [4.69, 9.17) is 21.6 Å². The Hall–Kier alpha value is -4.21. The summed E-state index contributed by atoms with van der Waals surface area (Å²) in [6, 6.07) is 39.0.